The minimum absolute atomic E-state index is 0.0279. The standard InChI is InChI=1S/C27H21N3O4S/c1-15(2)30-26(34)18-10-5-6-12-20(18)29-27(30)35-14-22(31)28-21-13-7-11-19-23(21)25(33)17-9-4-3-8-16(17)24(19)32/h3-13,15H,14H2,1-2H3,(H,28,31). The van der Waals surface area contributed by atoms with Crippen LogP contribution in [0, 0.1) is 0 Å². The fourth-order valence-electron chi connectivity index (χ4n) is 4.25. The second-order valence-corrected chi connectivity index (χ2v) is 9.39. The van der Waals surface area contributed by atoms with Crippen molar-refractivity contribution in [2.75, 3.05) is 11.1 Å². The van der Waals surface area contributed by atoms with E-state index in [4.69, 9.17) is 0 Å². The normalized spacial score (nSPS) is 12.5. The lowest BCUT2D eigenvalue weighted by Gasteiger charge is -2.20. The molecule has 1 heterocycles. The maximum atomic E-state index is 13.2. The van der Waals surface area contributed by atoms with Crippen molar-refractivity contribution >= 4 is 45.8 Å². The van der Waals surface area contributed by atoms with Crippen molar-refractivity contribution in [3.05, 3.63) is 99.3 Å². The van der Waals surface area contributed by atoms with Gasteiger partial charge in [-0.3, -0.25) is 23.7 Å². The number of hydrogen-bond acceptors (Lipinski definition) is 6. The molecule has 0 unspecified atom stereocenters. The van der Waals surface area contributed by atoms with E-state index in [-0.39, 0.29) is 51.6 Å². The molecule has 0 aliphatic heterocycles. The van der Waals surface area contributed by atoms with E-state index in [9.17, 15) is 19.2 Å². The number of fused-ring (bicyclic) bond motifs is 3. The number of carbonyl (C=O) groups is 3. The Balaban J connectivity index is 1.42. The monoisotopic (exact) mass is 483 g/mol. The Labute approximate surface area is 205 Å². The van der Waals surface area contributed by atoms with E-state index in [0.29, 0.717) is 27.2 Å². The minimum Gasteiger partial charge on any atom is -0.325 e. The zero-order valence-electron chi connectivity index (χ0n) is 19.1. The van der Waals surface area contributed by atoms with Gasteiger partial charge in [0.15, 0.2) is 16.7 Å². The molecule has 0 spiro atoms. The number of rotatable bonds is 5. The molecule has 1 aliphatic rings. The molecule has 1 N–H and O–H groups in total. The maximum absolute atomic E-state index is 13.2. The number of nitrogens with one attached hydrogen (secondary N) is 1. The highest BCUT2D eigenvalue weighted by molar-refractivity contribution is 7.99. The van der Waals surface area contributed by atoms with E-state index in [1.807, 2.05) is 19.9 Å². The van der Waals surface area contributed by atoms with Crippen molar-refractivity contribution in [3.8, 4) is 0 Å². The van der Waals surface area contributed by atoms with Gasteiger partial charge in [0.2, 0.25) is 5.91 Å². The number of anilines is 1. The van der Waals surface area contributed by atoms with E-state index in [0.717, 1.165) is 11.8 Å². The summed E-state index contributed by atoms with van der Waals surface area (Å²) < 4.78 is 1.57. The predicted molar refractivity (Wildman–Crippen MR) is 135 cm³/mol. The summed E-state index contributed by atoms with van der Waals surface area (Å²) in [6.45, 7) is 3.78. The second-order valence-electron chi connectivity index (χ2n) is 8.45. The lowest BCUT2D eigenvalue weighted by Crippen LogP contribution is -2.26. The molecule has 7 nitrogen and oxygen atoms in total. The van der Waals surface area contributed by atoms with Gasteiger partial charge in [0.05, 0.1) is 27.9 Å². The number of hydrogen-bond donors (Lipinski definition) is 1. The zero-order valence-corrected chi connectivity index (χ0v) is 19.9. The summed E-state index contributed by atoms with van der Waals surface area (Å²) in [7, 11) is 0. The number of carbonyl (C=O) groups excluding carboxylic acids is 3. The second kappa shape index (κ2) is 8.96. The first-order valence-electron chi connectivity index (χ1n) is 11.1. The maximum Gasteiger partial charge on any atom is 0.262 e. The lowest BCUT2D eigenvalue weighted by atomic mass is 9.83. The van der Waals surface area contributed by atoms with Crippen molar-refractivity contribution in [3.63, 3.8) is 0 Å². The number of aromatic nitrogens is 2. The highest BCUT2D eigenvalue weighted by Crippen LogP contribution is 2.32. The highest BCUT2D eigenvalue weighted by atomic mass is 32.2. The predicted octanol–water partition coefficient (Wildman–Crippen LogP) is 4.48. The third kappa shape index (κ3) is 3.95. The summed E-state index contributed by atoms with van der Waals surface area (Å²) in [5.41, 5.74) is 1.83. The van der Waals surface area contributed by atoms with Crippen molar-refractivity contribution in [2.45, 2.75) is 25.0 Å². The van der Waals surface area contributed by atoms with Crippen LogP contribution in [0.3, 0.4) is 0 Å². The van der Waals surface area contributed by atoms with Gasteiger partial charge in [-0.05, 0) is 32.0 Å². The summed E-state index contributed by atoms with van der Waals surface area (Å²) in [6.07, 6.45) is 0. The number of para-hydroxylation sites is 1. The molecular formula is C27H21N3O4S. The smallest absolute Gasteiger partial charge is 0.262 e. The number of ketones is 2. The first kappa shape index (κ1) is 22.7. The Morgan fingerprint density at radius 2 is 1.54 bits per heavy atom. The summed E-state index contributed by atoms with van der Waals surface area (Å²) in [5, 5.41) is 3.74. The van der Waals surface area contributed by atoms with Crippen molar-refractivity contribution in [1.82, 2.24) is 9.55 Å². The Hall–Kier alpha value is -4.04. The number of thioether (sulfide) groups is 1. The first-order valence-corrected chi connectivity index (χ1v) is 12.1. The molecule has 5 rings (SSSR count). The Morgan fingerprint density at radius 1 is 0.886 bits per heavy atom. The Kier molecular flexibility index (Phi) is 5.82. The fourth-order valence-corrected chi connectivity index (χ4v) is 5.18. The molecule has 0 fully saturated rings. The molecule has 1 amide bonds. The van der Waals surface area contributed by atoms with Gasteiger partial charge < -0.3 is 5.32 Å². The van der Waals surface area contributed by atoms with Gasteiger partial charge in [-0.1, -0.05) is 60.3 Å². The molecule has 0 radical (unpaired) electrons. The highest BCUT2D eigenvalue weighted by Gasteiger charge is 2.31. The summed E-state index contributed by atoms with van der Waals surface area (Å²) >= 11 is 1.15. The van der Waals surface area contributed by atoms with Gasteiger partial charge >= 0.3 is 0 Å². The molecule has 1 aliphatic carbocycles. The average Bonchev–Trinajstić information content (AvgIpc) is 2.86. The van der Waals surface area contributed by atoms with Gasteiger partial charge in [0, 0.05) is 22.7 Å². The number of benzene rings is 3. The first-order chi connectivity index (χ1) is 16.9. The van der Waals surface area contributed by atoms with Crippen LogP contribution in [0.2, 0.25) is 0 Å². The number of amides is 1. The molecule has 0 bridgehead atoms. The molecule has 0 saturated heterocycles. The molecule has 8 heteroatoms. The van der Waals surface area contributed by atoms with Crippen LogP contribution < -0.4 is 10.9 Å². The van der Waals surface area contributed by atoms with Crippen LogP contribution in [0.15, 0.2) is 76.7 Å². The van der Waals surface area contributed by atoms with Crippen molar-refractivity contribution < 1.29 is 14.4 Å². The Morgan fingerprint density at radius 3 is 2.29 bits per heavy atom. The van der Waals surface area contributed by atoms with E-state index >= 15 is 0 Å². The van der Waals surface area contributed by atoms with Gasteiger partial charge in [0.25, 0.3) is 5.56 Å². The molecule has 0 atom stereocenters. The minimum atomic E-state index is -0.375. The van der Waals surface area contributed by atoms with Gasteiger partial charge in [-0.25, -0.2) is 4.98 Å². The summed E-state index contributed by atoms with van der Waals surface area (Å²) in [4.78, 5) is 56.6. The lowest BCUT2D eigenvalue weighted by molar-refractivity contribution is -0.113. The third-order valence-electron chi connectivity index (χ3n) is 5.85. The van der Waals surface area contributed by atoms with E-state index in [1.165, 1.54) is 0 Å². The van der Waals surface area contributed by atoms with Crippen molar-refractivity contribution in [1.29, 1.82) is 0 Å². The summed E-state index contributed by atoms with van der Waals surface area (Å²) in [6, 6.07) is 18.5. The van der Waals surface area contributed by atoms with Crippen LogP contribution in [-0.2, 0) is 4.79 Å². The third-order valence-corrected chi connectivity index (χ3v) is 6.80. The molecule has 4 aromatic rings. The summed E-state index contributed by atoms with van der Waals surface area (Å²) in [5.74, 6) is -0.953. The average molecular weight is 484 g/mol. The Bertz CT molecular complexity index is 1590. The molecular weight excluding hydrogens is 462 g/mol. The zero-order chi connectivity index (χ0) is 24.7. The largest absolute Gasteiger partial charge is 0.325 e. The van der Waals surface area contributed by atoms with Crippen LogP contribution in [0.5, 0.6) is 0 Å². The van der Waals surface area contributed by atoms with Crippen LogP contribution in [0.1, 0.15) is 51.7 Å². The molecule has 1 aromatic heterocycles. The van der Waals surface area contributed by atoms with Gasteiger partial charge in [-0.2, -0.15) is 0 Å². The molecule has 174 valence electrons. The van der Waals surface area contributed by atoms with Crippen LogP contribution >= 0.6 is 11.8 Å². The van der Waals surface area contributed by atoms with E-state index < -0.39 is 0 Å². The quantitative estimate of drug-likeness (QED) is 0.292. The van der Waals surface area contributed by atoms with Gasteiger partial charge in [-0.15, -0.1) is 0 Å². The molecule has 35 heavy (non-hydrogen) atoms. The van der Waals surface area contributed by atoms with Gasteiger partial charge in [0.1, 0.15) is 0 Å². The number of nitrogens with zero attached hydrogens (tertiary/aromatic N) is 2. The van der Waals surface area contributed by atoms with Crippen LogP contribution in [0.4, 0.5) is 5.69 Å². The van der Waals surface area contributed by atoms with Crippen LogP contribution in [-0.4, -0.2) is 32.8 Å². The van der Waals surface area contributed by atoms with Crippen molar-refractivity contribution in [2.24, 2.45) is 0 Å². The topological polar surface area (TPSA) is 98.1 Å². The van der Waals surface area contributed by atoms with E-state index in [2.05, 4.69) is 10.3 Å². The molecule has 3 aromatic carbocycles. The van der Waals surface area contributed by atoms with E-state index in [1.54, 1.807) is 65.2 Å². The SMILES string of the molecule is CC(C)n1c(SCC(=O)Nc2cccc3c2C(=O)c2ccccc2C3=O)nc2ccccc2c1=O. The van der Waals surface area contributed by atoms with Crippen LogP contribution in [0.25, 0.3) is 10.9 Å². The fraction of sp³-hybridized carbons (Fsp3) is 0.148. The molecule has 0 saturated carbocycles.